The quantitative estimate of drug-likeness (QED) is 0.606. The van der Waals surface area contributed by atoms with Crippen LogP contribution < -0.4 is 0 Å². The molecule has 0 saturated carbocycles. The van der Waals surface area contributed by atoms with E-state index in [0.29, 0.717) is 12.7 Å². The molecular formula is C18H30O3. The van der Waals surface area contributed by atoms with E-state index in [1.54, 1.807) is 0 Å². The Labute approximate surface area is 129 Å². The number of ether oxygens (including phenoxy) is 2. The number of carbonyl (C=O) groups is 1. The van der Waals surface area contributed by atoms with Crippen LogP contribution in [0.5, 0.6) is 0 Å². The summed E-state index contributed by atoms with van der Waals surface area (Å²) in [5.74, 6) is 0.0958. The minimum atomic E-state index is 0.0958. The zero-order chi connectivity index (χ0) is 16.1. The highest BCUT2D eigenvalue weighted by atomic mass is 16.6. The molecule has 120 valence electrons. The minimum Gasteiger partial charge on any atom is -0.374 e. The van der Waals surface area contributed by atoms with Crippen molar-refractivity contribution in [1.82, 2.24) is 0 Å². The van der Waals surface area contributed by atoms with Gasteiger partial charge in [0.05, 0.1) is 12.7 Å². The Morgan fingerprint density at radius 1 is 1.19 bits per heavy atom. The standard InChI is InChI=1S/C8H10.C6H12O2.C4H8O/c1-7-3-5-8(2)6-4-7;1-3-4-8-5-6(2)7;1-2-4-3-5-4/h3-6H,1-2H3;3-5H2,1-2H3;4H,2-3H2,1H3/t;;4-/m..0/s1. The van der Waals surface area contributed by atoms with Crippen molar-refractivity contribution in [2.45, 2.75) is 53.6 Å². The van der Waals surface area contributed by atoms with Crippen LogP contribution in [0.1, 0.15) is 44.7 Å². The third kappa shape index (κ3) is 15.0. The van der Waals surface area contributed by atoms with E-state index < -0.39 is 0 Å². The fourth-order valence-electron chi connectivity index (χ4n) is 1.30. The van der Waals surface area contributed by atoms with Crippen molar-refractivity contribution in [1.29, 1.82) is 0 Å². The molecule has 2 rings (SSSR count). The van der Waals surface area contributed by atoms with Gasteiger partial charge in [0.1, 0.15) is 6.61 Å². The van der Waals surface area contributed by atoms with Gasteiger partial charge in [0.15, 0.2) is 5.78 Å². The van der Waals surface area contributed by atoms with Crippen LogP contribution in [-0.4, -0.2) is 31.7 Å². The number of hydrogen-bond donors (Lipinski definition) is 0. The maximum absolute atomic E-state index is 10.2. The normalized spacial score (nSPS) is 15.2. The van der Waals surface area contributed by atoms with Gasteiger partial charge >= 0.3 is 0 Å². The summed E-state index contributed by atoms with van der Waals surface area (Å²) in [6, 6.07) is 8.48. The highest BCUT2D eigenvalue weighted by Gasteiger charge is 2.18. The van der Waals surface area contributed by atoms with E-state index in [9.17, 15) is 4.79 Å². The predicted octanol–water partition coefficient (Wildman–Crippen LogP) is 4.10. The third-order valence-electron chi connectivity index (χ3n) is 2.73. The predicted molar refractivity (Wildman–Crippen MR) is 87.7 cm³/mol. The van der Waals surface area contributed by atoms with Crippen LogP contribution in [0.2, 0.25) is 0 Å². The fraction of sp³-hybridized carbons (Fsp3) is 0.611. The number of epoxide rings is 1. The van der Waals surface area contributed by atoms with Gasteiger partial charge in [-0.05, 0) is 33.6 Å². The summed E-state index contributed by atoms with van der Waals surface area (Å²) in [6.45, 7) is 11.8. The molecule has 0 bridgehead atoms. The number of ketones is 1. The van der Waals surface area contributed by atoms with Crippen LogP contribution in [0.3, 0.4) is 0 Å². The van der Waals surface area contributed by atoms with Gasteiger partial charge in [0.25, 0.3) is 0 Å². The lowest BCUT2D eigenvalue weighted by atomic mass is 10.2. The third-order valence-corrected chi connectivity index (χ3v) is 2.73. The van der Waals surface area contributed by atoms with Crippen LogP contribution in [0.25, 0.3) is 0 Å². The highest BCUT2D eigenvalue weighted by Crippen LogP contribution is 2.10. The Kier molecular flexibility index (Phi) is 11.8. The Hall–Kier alpha value is -1.19. The molecule has 1 heterocycles. The highest BCUT2D eigenvalue weighted by molar-refractivity contribution is 5.76. The van der Waals surface area contributed by atoms with Gasteiger partial charge in [-0.3, -0.25) is 4.79 Å². The zero-order valence-corrected chi connectivity index (χ0v) is 14.1. The van der Waals surface area contributed by atoms with Crippen molar-refractivity contribution >= 4 is 5.78 Å². The molecule has 21 heavy (non-hydrogen) atoms. The lowest BCUT2D eigenvalue weighted by Crippen LogP contribution is -2.03. The van der Waals surface area contributed by atoms with E-state index in [4.69, 9.17) is 9.47 Å². The second-order valence-electron chi connectivity index (χ2n) is 5.27. The van der Waals surface area contributed by atoms with E-state index >= 15 is 0 Å². The molecule has 0 amide bonds. The Balaban J connectivity index is 0.000000293. The molecule has 1 atom stereocenters. The van der Waals surface area contributed by atoms with E-state index in [2.05, 4.69) is 45.0 Å². The van der Waals surface area contributed by atoms with Gasteiger partial charge in [0.2, 0.25) is 0 Å². The van der Waals surface area contributed by atoms with Crippen molar-refractivity contribution in [2.24, 2.45) is 0 Å². The van der Waals surface area contributed by atoms with Gasteiger partial charge < -0.3 is 9.47 Å². The molecule has 1 fully saturated rings. The number of rotatable bonds is 5. The summed E-state index contributed by atoms with van der Waals surface area (Å²) in [5.41, 5.74) is 2.66. The van der Waals surface area contributed by atoms with Crippen molar-refractivity contribution in [2.75, 3.05) is 19.8 Å². The summed E-state index contributed by atoms with van der Waals surface area (Å²) in [6.07, 6.45) is 2.81. The van der Waals surface area contributed by atoms with Gasteiger partial charge in [0, 0.05) is 6.61 Å². The van der Waals surface area contributed by atoms with E-state index in [1.165, 1.54) is 24.5 Å². The van der Waals surface area contributed by atoms with Gasteiger partial charge in [-0.25, -0.2) is 0 Å². The maximum atomic E-state index is 10.2. The SMILES string of the molecule is CCCOCC(C)=O.CC[C@H]1CO1.Cc1ccc(C)cc1. The molecule has 0 aliphatic carbocycles. The Morgan fingerprint density at radius 3 is 1.90 bits per heavy atom. The molecule has 1 aliphatic heterocycles. The van der Waals surface area contributed by atoms with Crippen LogP contribution in [-0.2, 0) is 14.3 Å². The molecule has 3 nitrogen and oxygen atoms in total. The molecular weight excluding hydrogens is 264 g/mol. The first kappa shape index (κ1) is 19.8. The molecule has 0 N–H and O–H groups in total. The average molecular weight is 294 g/mol. The topological polar surface area (TPSA) is 38.8 Å². The molecule has 0 aromatic heterocycles. The summed E-state index contributed by atoms with van der Waals surface area (Å²) >= 11 is 0. The monoisotopic (exact) mass is 294 g/mol. The lowest BCUT2D eigenvalue weighted by Gasteiger charge is -1.95. The second-order valence-corrected chi connectivity index (χ2v) is 5.27. The van der Waals surface area contributed by atoms with Gasteiger partial charge in [-0.2, -0.15) is 0 Å². The largest absolute Gasteiger partial charge is 0.374 e. The maximum Gasteiger partial charge on any atom is 0.155 e. The minimum absolute atomic E-state index is 0.0958. The number of aryl methyl sites for hydroxylation is 2. The number of Topliss-reactive ketones (excluding diaryl/α,β-unsaturated/α-hetero) is 1. The molecule has 0 radical (unpaired) electrons. The lowest BCUT2D eigenvalue weighted by molar-refractivity contribution is -0.121. The van der Waals surface area contributed by atoms with Crippen LogP contribution in [0, 0.1) is 13.8 Å². The first-order chi connectivity index (χ1) is 9.99. The van der Waals surface area contributed by atoms with Crippen molar-refractivity contribution in [3.8, 4) is 0 Å². The smallest absolute Gasteiger partial charge is 0.155 e. The van der Waals surface area contributed by atoms with Crippen molar-refractivity contribution in [3.63, 3.8) is 0 Å². The van der Waals surface area contributed by atoms with E-state index in [1.807, 2.05) is 6.92 Å². The fourth-order valence-corrected chi connectivity index (χ4v) is 1.30. The summed E-state index contributed by atoms with van der Waals surface area (Å²) in [4.78, 5) is 10.2. The van der Waals surface area contributed by atoms with Crippen LogP contribution in [0.15, 0.2) is 24.3 Å². The summed E-state index contributed by atoms with van der Waals surface area (Å²) < 4.78 is 9.75. The molecule has 1 aromatic rings. The zero-order valence-electron chi connectivity index (χ0n) is 14.1. The molecule has 0 unspecified atom stereocenters. The summed E-state index contributed by atoms with van der Waals surface area (Å²) in [5, 5.41) is 0. The molecule has 1 saturated heterocycles. The number of hydrogen-bond acceptors (Lipinski definition) is 3. The number of benzene rings is 1. The first-order valence-corrected chi connectivity index (χ1v) is 7.71. The van der Waals surface area contributed by atoms with Crippen LogP contribution >= 0.6 is 0 Å². The van der Waals surface area contributed by atoms with Crippen LogP contribution in [0.4, 0.5) is 0 Å². The van der Waals surface area contributed by atoms with E-state index in [0.717, 1.165) is 13.0 Å². The Bertz CT molecular complexity index is 346. The average Bonchev–Trinajstić information content (AvgIpc) is 3.28. The van der Waals surface area contributed by atoms with Crippen molar-refractivity contribution < 1.29 is 14.3 Å². The van der Waals surface area contributed by atoms with Crippen molar-refractivity contribution in [3.05, 3.63) is 35.4 Å². The Morgan fingerprint density at radius 2 is 1.67 bits per heavy atom. The molecule has 1 aliphatic rings. The molecule has 3 heteroatoms. The molecule has 0 spiro atoms. The summed E-state index contributed by atoms with van der Waals surface area (Å²) in [7, 11) is 0. The number of carbonyl (C=O) groups excluding carboxylic acids is 1. The van der Waals surface area contributed by atoms with Gasteiger partial charge in [-0.1, -0.05) is 49.2 Å². The first-order valence-electron chi connectivity index (χ1n) is 7.71. The second kappa shape index (κ2) is 12.5. The van der Waals surface area contributed by atoms with Gasteiger partial charge in [-0.15, -0.1) is 0 Å². The molecule has 1 aromatic carbocycles. The van der Waals surface area contributed by atoms with E-state index in [-0.39, 0.29) is 12.4 Å².